The Balaban J connectivity index is 1.52. The number of likely N-dealkylation sites (tertiary alicyclic amines) is 1. The molecule has 3 nitrogen and oxygen atoms in total. The van der Waals surface area contributed by atoms with Crippen LogP contribution in [0.25, 0.3) is 11.1 Å². The van der Waals surface area contributed by atoms with Crippen molar-refractivity contribution in [2.24, 2.45) is 0 Å². The fraction of sp³-hybridized carbons (Fsp3) is 0.238. The Morgan fingerprint density at radius 1 is 1.08 bits per heavy atom. The number of thiazole rings is 1. The molecule has 3 aromatic rings. The summed E-state index contributed by atoms with van der Waals surface area (Å²) in [5, 5.41) is 3.12. The molecule has 4 rings (SSSR count). The first-order valence-electron chi connectivity index (χ1n) is 8.76. The predicted octanol–water partition coefficient (Wildman–Crippen LogP) is 4.97. The Labute approximate surface area is 156 Å². The summed E-state index contributed by atoms with van der Waals surface area (Å²) in [5.41, 5.74) is 1.98. The van der Waals surface area contributed by atoms with E-state index in [1.165, 1.54) is 6.07 Å². The number of piperidine rings is 1. The highest BCUT2D eigenvalue weighted by atomic mass is 32.1. The van der Waals surface area contributed by atoms with E-state index >= 15 is 0 Å². The lowest BCUT2D eigenvalue weighted by molar-refractivity contribution is 0.0708. The Morgan fingerprint density at radius 2 is 1.85 bits per heavy atom. The lowest BCUT2D eigenvalue weighted by Gasteiger charge is -2.31. The van der Waals surface area contributed by atoms with Gasteiger partial charge >= 0.3 is 0 Å². The summed E-state index contributed by atoms with van der Waals surface area (Å²) in [5.74, 6) is -0.283. The second kappa shape index (κ2) is 7.38. The van der Waals surface area contributed by atoms with Crippen LogP contribution in [0, 0.1) is 5.82 Å². The van der Waals surface area contributed by atoms with E-state index < -0.39 is 5.82 Å². The molecule has 1 aliphatic rings. The van der Waals surface area contributed by atoms with Crippen LogP contribution in [0.1, 0.15) is 34.1 Å². The molecule has 1 fully saturated rings. The van der Waals surface area contributed by atoms with Crippen molar-refractivity contribution < 1.29 is 9.18 Å². The molecule has 5 heteroatoms. The molecule has 1 aromatic heterocycles. The SMILES string of the molecule is O=C(c1cc(-c2ccccc2)ccc1F)N1CCC(c2nccs2)CC1. The van der Waals surface area contributed by atoms with E-state index in [9.17, 15) is 9.18 Å². The van der Waals surface area contributed by atoms with Gasteiger partial charge in [0.1, 0.15) is 5.82 Å². The van der Waals surface area contributed by atoms with E-state index in [2.05, 4.69) is 4.98 Å². The summed E-state index contributed by atoms with van der Waals surface area (Å²) in [6.45, 7) is 1.27. The number of carbonyl (C=O) groups excluding carboxylic acids is 1. The normalized spacial score (nSPS) is 15.2. The van der Waals surface area contributed by atoms with E-state index in [4.69, 9.17) is 0 Å². The van der Waals surface area contributed by atoms with Crippen LogP contribution < -0.4 is 0 Å². The lowest BCUT2D eigenvalue weighted by Crippen LogP contribution is -2.38. The van der Waals surface area contributed by atoms with Crippen LogP contribution in [-0.2, 0) is 0 Å². The van der Waals surface area contributed by atoms with Crippen LogP contribution >= 0.6 is 11.3 Å². The van der Waals surface area contributed by atoms with Gasteiger partial charge in [0.05, 0.1) is 10.6 Å². The van der Waals surface area contributed by atoms with Gasteiger partial charge in [0.2, 0.25) is 0 Å². The smallest absolute Gasteiger partial charge is 0.256 e. The molecule has 1 saturated heterocycles. The highest BCUT2D eigenvalue weighted by Gasteiger charge is 2.27. The van der Waals surface area contributed by atoms with Crippen LogP contribution in [0.15, 0.2) is 60.1 Å². The number of halogens is 1. The van der Waals surface area contributed by atoms with Gasteiger partial charge in [0.15, 0.2) is 0 Å². The Kier molecular flexibility index (Phi) is 4.80. The third-order valence-corrected chi connectivity index (χ3v) is 5.82. The molecule has 0 aliphatic carbocycles. The van der Waals surface area contributed by atoms with Crippen molar-refractivity contribution in [1.82, 2.24) is 9.88 Å². The molecule has 26 heavy (non-hydrogen) atoms. The molecule has 2 heterocycles. The van der Waals surface area contributed by atoms with E-state index in [0.717, 1.165) is 29.0 Å². The molecule has 0 unspecified atom stereocenters. The molecule has 2 aromatic carbocycles. The van der Waals surface area contributed by atoms with Crippen molar-refractivity contribution >= 4 is 17.2 Å². The number of rotatable bonds is 3. The molecule has 1 aliphatic heterocycles. The number of nitrogens with zero attached hydrogens (tertiary/aromatic N) is 2. The molecule has 0 saturated carbocycles. The zero-order chi connectivity index (χ0) is 17.9. The number of aromatic nitrogens is 1. The maximum atomic E-state index is 14.3. The quantitative estimate of drug-likeness (QED) is 0.656. The average Bonchev–Trinajstić information content (AvgIpc) is 3.23. The van der Waals surface area contributed by atoms with Crippen molar-refractivity contribution in [3.05, 3.63) is 76.5 Å². The maximum absolute atomic E-state index is 14.3. The number of amides is 1. The number of benzene rings is 2. The maximum Gasteiger partial charge on any atom is 0.256 e. The van der Waals surface area contributed by atoms with Crippen molar-refractivity contribution in [3.8, 4) is 11.1 Å². The molecule has 0 radical (unpaired) electrons. The average molecular weight is 366 g/mol. The zero-order valence-electron chi connectivity index (χ0n) is 14.3. The van der Waals surface area contributed by atoms with Crippen LogP contribution in [0.3, 0.4) is 0 Å². The molecular formula is C21H19FN2OS. The standard InChI is InChI=1S/C21H19FN2OS/c22-19-7-6-17(15-4-2-1-3-5-15)14-18(19)21(25)24-11-8-16(9-12-24)20-23-10-13-26-20/h1-7,10,13-14,16H,8-9,11-12H2. The van der Waals surface area contributed by atoms with E-state index in [-0.39, 0.29) is 11.5 Å². The summed E-state index contributed by atoms with van der Waals surface area (Å²) in [4.78, 5) is 19.0. The first-order chi connectivity index (χ1) is 12.7. The first-order valence-corrected chi connectivity index (χ1v) is 9.64. The molecule has 0 N–H and O–H groups in total. The minimum absolute atomic E-state index is 0.152. The first kappa shape index (κ1) is 16.9. The highest BCUT2D eigenvalue weighted by molar-refractivity contribution is 7.09. The van der Waals surface area contributed by atoms with Crippen LogP contribution in [-0.4, -0.2) is 28.9 Å². The topological polar surface area (TPSA) is 33.2 Å². The highest BCUT2D eigenvalue weighted by Crippen LogP contribution is 2.30. The Morgan fingerprint density at radius 3 is 2.54 bits per heavy atom. The van der Waals surface area contributed by atoms with Crippen molar-refractivity contribution in [1.29, 1.82) is 0 Å². The molecule has 1 amide bonds. The van der Waals surface area contributed by atoms with Crippen molar-refractivity contribution in [3.63, 3.8) is 0 Å². The summed E-state index contributed by atoms with van der Waals surface area (Å²) in [6.07, 6.45) is 3.57. The summed E-state index contributed by atoms with van der Waals surface area (Å²) in [6, 6.07) is 14.5. The second-order valence-electron chi connectivity index (χ2n) is 6.50. The molecular weight excluding hydrogens is 347 g/mol. The summed E-state index contributed by atoms with van der Waals surface area (Å²) >= 11 is 1.66. The van der Waals surface area contributed by atoms with Gasteiger partial charge in [-0.2, -0.15) is 0 Å². The fourth-order valence-electron chi connectivity index (χ4n) is 3.44. The van der Waals surface area contributed by atoms with Gasteiger partial charge in [-0.15, -0.1) is 11.3 Å². The van der Waals surface area contributed by atoms with Crippen molar-refractivity contribution in [2.75, 3.05) is 13.1 Å². The number of hydrogen-bond donors (Lipinski definition) is 0. The minimum Gasteiger partial charge on any atom is -0.339 e. The van der Waals surface area contributed by atoms with Gasteiger partial charge < -0.3 is 4.90 Å². The van der Waals surface area contributed by atoms with Gasteiger partial charge in [-0.05, 0) is 36.1 Å². The monoisotopic (exact) mass is 366 g/mol. The molecule has 0 atom stereocenters. The van der Waals surface area contributed by atoms with Gasteiger partial charge in [0, 0.05) is 30.6 Å². The lowest BCUT2D eigenvalue weighted by atomic mass is 9.96. The van der Waals surface area contributed by atoms with Gasteiger partial charge in [-0.3, -0.25) is 4.79 Å². The van der Waals surface area contributed by atoms with Gasteiger partial charge in [0.25, 0.3) is 5.91 Å². The van der Waals surface area contributed by atoms with Crippen LogP contribution in [0.2, 0.25) is 0 Å². The largest absolute Gasteiger partial charge is 0.339 e. The number of carbonyl (C=O) groups is 1. The van der Waals surface area contributed by atoms with E-state index in [0.29, 0.717) is 19.0 Å². The Bertz CT molecular complexity index is 888. The molecule has 0 bridgehead atoms. The van der Waals surface area contributed by atoms with Crippen molar-refractivity contribution in [2.45, 2.75) is 18.8 Å². The number of hydrogen-bond acceptors (Lipinski definition) is 3. The van der Waals surface area contributed by atoms with Crippen LogP contribution in [0.4, 0.5) is 4.39 Å². The fourth-order valence-corrected chi connectivity index (χ4v) is 4.25. The third-order valence-electron chi connectivity index (χ3n) is 4.89. The van der Waals surface area contributed by atoms with Crippen LogP contribution in [0.5, 0.6) is 0 Å². The Hall–Kier alpha value is -2.53. The van der Waals surface area contributed by atoms with E-state index in [1.807, 2.05) is 41.9 Å². The third kappa shape index (κ3) is 3.40. The summed E-state index contributed by atoms with van der Waals surface area (Å²) < 4.78 is 14.3. The zero-order valence-corrected chi connectivity index (χ0v) is 15.1. The summed E-state index contributed by atoms with van der Waals surface area (Å²) in [7, 11) is 0. The second-order valence-corrected chi connectivity index (χ2v) is 7.42. The minimum atomic E-state index is -0.461. The van der Waals surface area contributed by atoms with Gasteiger partial charge in [-0.25, -0.2) is 9.37 Å². The predicted molar refractivity (Wildman–Crippen MR) is 102 cm³/mol. The molecule has 0 spiro atoms. The van der Waals surface area contributed by atoms with Gasteiger partial charge in [-0.1, -0.05) is 36.4 Å². The molecule has 132 valence electrons. The van der Waals surface area contributed by atoms with E-state index in [1.54, 1.807) is 28.4 Å².